The van der Waals surface area contributed by atoms with Crippen LogP contribution in [0.15, 0.2) is 18.5 Å². The van der Waals surface area contributed by atoms with Gasteiger partial charge in [-0.2, -0.15) is 0 Å². The van der Waals surface area contributed by atoms with Crippen LogP contribution in [0.3, 0.4) is 0 Å². The first-order valence-corrected chi connectivity index (χ1v) is 5.35. The second-order valence-corrected chi connectivity index (χ2v) is 3.99. The smallest absolute Gasteiger partial charge is 0.0958 e. The van der Waals surface area contributed by atoms with Crippen molar-refractivity contribution in [3.05, 3.63) is 29.6 Å². The predicted octanol–water partition coefficient (Wildman–Crippen LogP) is 2.54. The summed E-state index contributed by atoms with van der Waals surface area (Å²) in [4.78, 5) is 4.43. The van der Waals surface area contributed by atoms with Crippen LogP contribution in [0.4, 0.5) is 0 Å². The van der Waals surface area contributed by atoms with Gasteiger partial charge in [0.25, 0.3) is 0 Å². The number of benzene rings is 1. The Morgan fingerprint density at radius 3 is 2.86 bits per heavy atom. The largest absolute Gasteiger partial charge is 0.331 e. The van der Waals surface area contributed by atoms with E-state index >= 15 is 0 Å². The van der Waals surface area contributed by atoms with E-state index in [-0.39, 0.29) is 0 Å². The number of aryl methyl sites for hydroxylation is 3. The van der Waals surface area contributed by atoms with Crippen molar-refractivity contribution >= 4 is 11.0 Å². The Morgan fingerprint density at radius 1 is 1.29 bits per heavy atom. The monoisotopic (exact) mass is 186 g/mol. The second kappa shape index (κ2) is 2.84. The number of nitrogens with zero attached hydrogens (tertiary/aromatic N) is 2. The molecule has 2 heteroatoms. The number of rotatable bonds is 1. The fourth-order valence-electron chi connectivity index (χ4n) is 2.38. The van der Waals surface area contributed by atoms with E-state index in [1.165, 1.54) is 35.9 Å². The molecule has 1 aliphatic carbocycles. The third kappa shape index (κ3) is 0.999. The zero-order chi connectivity index (χ0) is 9.54. The lowest BCUT2D eigenvalue weighted by molar-refractivity contribution is 0.786. The van der Waals surface area contributed by atoms with E-state index in [0.29, 0.717) is 0 Å². The van der Waals surface area contributed by atoms with Gasteiger partial charge < -0.3 is 4.57 Å². The molecule has 3 rings (SSSR count). The quantitative estimate of drug-likeness (QED) is 0.669. The van der Waals surface area contributed by atoms with Crippen LogP contribution in [0.25, 0.3) is 11.0 Å². The van der Waals surface area contributed by atoms with Gasteiger partial charge in [0.15, 0.2) is 0 Å². The lowest BCUT2D eigenvalue weighted by Crippen LogP contribution is -1.91. The zero-order valence-corrected chi connectivity index (χ0v) is 8.45. The highest BCUT2D eigenvalue weighted by Gasteiger charge is 2.13. The highest BCUT2D eigenvalue weighted by atomic mass is 15.0. The van der Waals surface area contributed by atoms with Crippen LogP contribution in [-0.2, 0) is 19.4 Å². The lowest BCUT2D eigenvalue weighted by Gasteiger charge is -2.02. The van der Waals surface area contributed by atoms with Crippen molar-refractivity contribution in [1.29, 1.82) is 0 Å². The number of hydrogen-bond acceptors (Lipinski definition) is 1. The first kappa shape index (κ1) is 8.04. The van der Waals surface area contributed by atoms with Crippen LogP contribution in [0, 0.1) is 0 Å². The van der Waals surface area contributed by atoms with Crippen molar-refractivity contribution in [2.75, 3.05) is 0 Å². The average molecular weight is 186 g/mol. The first-order valence-electron chi connectivity index (χ1n) is 5.35. The van der Waals surface area contributed by atoms with Crippen LogP contribution < -0.4 is 0 Å². The fraction of sp³-hybridized carbons (Fsp3) is 0.417. The van der Waals surface area contributed by atoms with Crippen LogP contribution in [0.1, 0.15) is 24.5 Å². The molecule has 0 fully saturated rings. The molecular formula is C12H14N2. The molecule has 0 N–H and O–H groups in total. The maximum absolute atomic E-state index is 4.43. The lowest BCUT2D eigenvalue weighted by atomic mass is 10.1. The minimum absolute atomic E-state index is 1.01. The predicted molar refractivity (Wildman–Crippen MR) is 57.4 cm³/mol. The molecule has 1 aliphatic rings. The number of fused-ring (bicyclic) bond motifs is 2. The molecule has 0 amide bonds. The Bertz CT molecular complexity index is 482. The molecule has 0 atom stereocenters. The Labute approximate surface area is 83.6 Å². The molecule has 1 aromatic heterocycles. The maximum Gasteiger partial charge on any atom is 0.0958 e. The summed E-state index contributed by atoms with van der Waals surface area (Å²) in [5.41, 5.74) is 5.51. The highest BCUT2D eigenvalue weighted by Crippen LogP contribution is 2.26. The van der Waals surface area contributed by atoms with Gasteiger partial charge in [-0.1, -0.05) is 0 Å². The van der Waals surface area contributed by atoms with Crippen molar-refractivity contribution in [2.45, 2.75) is 32.7 Å². The van der Waals surface area contributed by atoms with Crippen molar-refractivity contribution in [3.63, 3.8) is 0 Å². The standard InChI is InChI=1S/C12H14N2/c1-2-14-8-13-11-6-9-4-3-5-10(9)7-12(11)14/h6-8H,2-5H2,1H3. The first-order chi connectivity index (χ1) is 6.88. The summed E-state index contributed by atoms with van der Waals surface area (Å²) in [7, 11) is 0. The molecule has 0 spiro atoms. The molecule has 14 heavy (non-hydrogen) atoms. The van der Waals surface area contributed by atoms with E-state index < -0.39 is 0 Å². The number of hydrogen-bond donors (Lipinski definition) is 0. The molecule has 1 aromatic carbocycles. The summed E-state index contributed by atoms with van der Waals surface area (Å²) in [5, 5.41) is 0. The summed E-state index contributed by atoms with van der Waals surface area (Å²) in [6.07, 6.45) is 5.75. The molecule has 2 nitrogen and oxygen atoms in total. The minimum atomic E-state index is 1.01. The molecule has 0 radical (unpaired) electrons. The van der Waals surface area contributed by atoms with Crippen LogP contribution in [0.5, 0.6) is 0 Å². The maximum atomic E-state index is 4.43. The van der Waals surface area contributed by atoms with Gasteiger partial charge >= 0.3 is 0 Å². The topological polar surface area (TPSA) is 17.8 Å². The van der Waals surface area contributed by atoms with E-state index in [1.807, 2.05) is 6.33 Å². The van der Waals surface area contributed by atoms with Gasteiger partial charge in [-0.15, -0.1) is 0 Å². The van der Waals surface area contributed by atoms with E-state index in [2.05, 4.69) is 28.6 Å². The Morgan fingerprint density at radius 2 is 2.07 bits per heavy atom. The highest BCUT2D eigenvalue weighted by molar-refractivity contribution is 5.77. The van der Waals surface area contributed by atoms with Gasteiger partial charge in [0.2, 0.25) is 0 Å². The van der Waals surface area contributed by atoms with Crippen LogP contribution in [0.2, 0.25) is 0 Å². The molecule has 0 aliphatic heterocycles. The van der Waals surface area contributed by atoms with Gasteiger partial charge in [-0.05, 0) is 49.4 Å². The summed E-state index contributed by atoms with van der Waals surface area (Å²) < 4.78 is 2.22. The average Bonchev–Trinajstić information content (AvgIpc) is 2.78. The van der Waals surface area contributed by atoms with Gasteiger partial charge in [-0.25, -0.2) is 4.98 Å². The van der Waals surface area contributed by atoms with Crippen molar-refractivity contribution in [2.24, 2.45) is 0 Å². The van der Waals surface area contributed by atoms with E-state index in [4.69, 9.17) is 0 Å². The molecule has 2 aromatic rings. The van der Waals surface area contributed by atoms with Gasteiger partial charge in [0, 0.05) is 6.54 Å². The van der Waals surface area contributed by atoms with E-state index in [0.717, 1.165) is 12.1 Å². The molecule has 0 unspecified atom stereocenters. The van der Waals surface area contributed by atoms with Crippen LogP contribution >= 0.6 is 0 Å². The van der Waals surface area contributed by atoms with Crippen molar-refractivity contribution in [3.8, 4) is 0 Å². The third-order valence-corrected chi connectivity index (χ3v) is 3.18. The third-order valence-electron chi connectivity index (χ3n) is 3.18. The molecule has 0 saturated heterocycles. The SMILES string of the molecule is CCn1cnc2cc3c(cc21)CCC3. The number of aromatic nitrogens is 2. The van der Waals surface area contributed by atoms with E-state index in [1.54, 1.807) is 0 Å². The molecular weight excluding hydrogens is 172 g/mol. The Balaban J connectivity index is 2.30. The molecule has 1 heterocycles. The molecule has 0 saturated carbocycles. The second-order valence-electron chi connectivity index (χ2n) is 3.99. The molecule has 0 bridgehead atoms. The summed E-state index contributed by atoms with van der Waals surface area (Å²) in [6.45, 7) is 3.17. The minimum Gasteiger partial charge on any atom is -0.331 e. The normalized spacial score (nSPS) is 14.9. The van der Waals surface area contributed by atoms with Gasteiger partial charge in [0.1, 0.15) is 0 Å². The Hall–Kier alpha value is -1.31. The van der Waals surface area contributed by atoms with Crippen molar-refractivity contribution in [1.82, 2.24) is 9.55 Å². The van der Waals surface area contributed by atoms with Gasteiger partial charge in [0.05, 0.1) is 17.4 Å². The molecule has 72 valence electrons. The van der Waals surface area contributed by atoms with Crippen molar-refractivity contribution < 1.29 is 0 Å². The summed E-state index contributed by atoms with van der Waals surface area (Å²) >= 11 is 0. The van der Waals surface area contributed by atoms with Gasteiger partial charge in [-0.3, -0.25) is 0 Å². The van der Waals surface area contributed by atoms with Crippen LogP contribution in [-0.4, -0.2) is 9.55 Å². The summed E-state index contributed by atoms with van der Waals surface area (Å²) in [5.74, 6) is 0. The van der Waals surface area contributed by atoms with E-state index in [9.17, 15) is 0 Å². The Kier molecular flexibility index (Phi) is 1.63. The summed E-state index contributed by atoms with van der Waals surface area (Å²) in [6, 6.07) is 4.60. The number of imidazole rings is 1. The fourth-order valence-corrected chi connectivity index (χ4v) is 2.38. The zero-order valence-electron chi connectivity index (χ0n) is 8.45.